The van der Waals surface area contributed by atoms with Gasteiger partial charge in [0.25, 0.3) is 0 Å². The summed E-state index contributed by atoms with van der Waals surface area (Å²) in [4.78, 5) is 22.6. The highest BCUT2D eigenvalue weighted by atomic mass is 16.1. The highest BCUT2D eigenvalue weighted by Crippen LogP contribution is 2.28. The molecule has 2 heteroatoms. The molecule has 0 N–H and O–H groups in total. The molecule has 2 unspecified atom stereocenters. The van der Waals surface area contributed by atoms with E-state index in [-0.39, 0.29) is 29.8 Å². The van der Waals surface area contributed by atoms with Crippen molar-refractivity contribution < 1.29 is 9.59 Å². The van der Waals surface area contributed by atoms with Gasteiger partial charge >= 0.3 is 0 Å². The monoisotopic (exact) mass is 182 g/mol. The minimum absolute atomic E-state index is 0.130. The molecule has 1 aliphatic rings. The van der Waals surface area contributed by atoms with Gasteiger partial charge in [-0.3, -0.25) is 9.59 Å². The maximum absolute atomic E-state index is 11.5. The zero-order valence-corrected chi connectivity index (χ0v) is 8.51. The van der Waals surface area contributed by atoms with Gasteiger partial charge in [0.1, 0.15) is 11.6 Å². The average Bonchev–Trinajstić information content (AvgIpc) is 2.02. The zero-order valence-electron chi connectivity index (χ0n) is 8.51. The maximum atomic E-state index is 11.5. The van der Waals surface area contributed by atoms with Gasteiger partial charge in [0.05, 0.1) is 6.42 Å². The molecule has 0 aromatic rings. The summed E-state index contributed by atoms with van der Waals surface area (Å²) < 4.78 is 0. The van der Waals surface area contributed by atoms with Gasteiger partial charge < -0.3 is 0 Å². The lowest BCUT2D eigenvalue weighted by molar-refractivity contribution is -0.135. The molecule has 0 radical (unpaired) electrons. The van der Waals surface area contributed by atoms with Gasteiger partial charge in [-0.25, -0.2) is 0 Å². The van der Waals surface area contributed by atoms with Gasteiger partial charge in [-0.15, -0.1) is 0 Å². The minimum Gasteiger partial charge on any atom is -0.299 e. The average molecular weight is 182 g/mol. The SMILES string of the molecule is CCCCC1C(=O)CC(=O)CC1C. The van der Waals surface area contributed by atoms with Gasteiger partial charge in [0.2, 0.25) is 0 Å². The van der Waals surface area contributed by atoms with E-state index >= 15 is 0 Å². The quantitative estimate of drug-likeness (QED) is 0.628. The molecule has 0 heterocycles. The van der Waals surface area contributed by atoms with Crippen LogP contribution in [0.3, 0.4) is 0 Å². The third kappa shape index (κ3) is 2.64. The molecular weight excluding hydrogens is 164 g/mol. The standard InChI is InChI=1S/C11H18O2/c1-3-4-5-10-8(2)6-9(12)7-11(10)13/h8,10H,3-7H2,1-2H3. The van der Waals surface area contributed by atoms with Gasteiger partial charge in [0, 0.05) is 12.3 Å². The van der Waals surface area contributed by atoms with Crippen molar-refractivity contribution in [3.8, 4) is 0 Å². The molecule has 0 amide bonds. The van der Waals surface area contributed by atoms with E-state index in [2.05, 4.69) is 6.92 Å². The summed E-state index contributed by atoms with van der Waals surface area (Å²) in [6.07, 6.45) is 4.02. The Hall–Kier alpha value is -0.660. The van der Waals surface area contributed by atoms with Crippen molar-refractivity contribution in [1.29, 1.82) is 0 Å². The molecule has 1 aliphatic carbocycles. The summed E-state index contributed by atoms with van der Waals surface area (Å²) in [7, 11) is 0. The molecule has 74 valence electrons. The maximum Gasteiger partial charge on any atom is 0.143 e. The fourth-order valence-corrected chi connectivity index (χ4v) is 2.09. The van der Waals surface area contributed by atoms with Crippen LogP contribution in [0.2, 0.25) is 0 Å². The second kappa shape index (κ2) is 4.54. The molecule has 1 saturated carbocycles. The van der Waals surface area contributed by atoms with Crippen LogP contribution in [0.25, 0.3) is 0 Å². The molecule has 0 aromatic heterocycles. The Morgan fingerprint density at radius 2 is 2.08 bits per heavy atom. The smallest absolute Gasteiger partial charge is 0.143 e. The normalized spacial score (nSPS) is 29.4. The van der Waals surface area contributed by atoms with E-state index in [0.717, 1.165) is 19.3 Å². The van der Waals surface area contributed by atoms with E-state index in [1.165, 1.54) is 0 Å². The number of Topliss-reactive ketones (excluding diaryl/α,β-unsaturated/α-hetero) is 2. The molecule has 0 bridgehead atoms. The number of ketones is 2. The van der Waals surface area contributed by atoms with Gasteiger partial charge in [-0.05, 0) is 12.3 Å². The zero-order chi connectivity index (χ0) is 9.84. The van der Waals surface area contributed by atoms with Crippen LogP contribution < -0.4 is 0 Å². The Morgan fingerprint density at radius 1 is 1.38 bits per heavy atom. The predicted octanol–water partition coefficient (Wildman–Crippen LogP) is 2.36. The van der Waals surface area contributed by atoms with E-state index < -0.39 is 0 Å². The molecule has 0 saturated heterocycles. The highest BCUT2D eigenvalue weighted by molar-refractivity contribution is 6.02. The van der Waals surface area contributed by atoms with Gasteiger partial charge in [-0.2, -0.15) is 0 Å². The number of hydrogen-bond acceptors (Lipinski definition) is 2. The summed E-state index contributed by atoms with van der Waals surface area (Å²) in [5, 5.41) is 0. The van der Waals surface area contributed by atoms with Crippen molar-refractivity contribution in [2.45, 2.75) is 46.0 Å². The second-order valence-corrected chi connectivity index (χ2v) is 4.11. The lowest BCUT2D eigenvalue weighted by atomic mass is 9.76. The summed E-state index contributed by atoms with van der Waals surface area (Å²) in [6, 6.07) is 0. The Morgan fingerprint density at radius 3 is 2.62 bits per heavy atom. The number of rotatable bonds is 3. The molecule has 1 fully saturated rings. The molecule has 1 rings (SSSR count). The first-order valence-corrected chi connectivity index (χ1v) is 5.19. The van der Waals surface area contributed by atoms with Crippen molar-refractivity contribution >= 4 is 11.6 Å². The van der Waals surface area contributed by atoms with Crippen LogP contribution in [0.1, 0.15) is 46.0 Å². The highest BCUT2D eigenvalue weighted by Gasteiger charge is 2.32. The van der Waals surface area contributed by atoms with Crippen molar-refractivity contribution in [2.24, 2.45) is 11.8 Å². The third-order valence-corrected chi connectivity index (χ3v) is 2.89. The van der Waals surface area contributed by atoms with Crippen LogP contribution >= 0.6 is 0 Å². The fourth-order valence-electron chi connectivity index (χ4n) is 2.09. The topological polar surface area (TPSA) is 34.1 Å². The van der Waals surface area contributed by atoms with Crippen molar-refractivity contribution in [1.82, 2.24) is 0 Å². The Kier molecular flexibility index (Phi) is 3.64. The number of unbranched alkanes of at least 4 members (excludes halogenated alkanes) is 1. The second-order valence-electron chi connectivity index (χ2n) is 4.11. The van der Waals surface area contributed by atoms with E-state index in [9.17, 15) is 9.59 Å². The third-order valence-electron chi connectivity index (χ3n) is 2.89. The number of hydrogen-bond donors (Lipinski definition) is 0. The fraction of sp³-hybridized carbons (Fsp3) is 0.818. The van der Waals surface area contributed by atoms with Crippen LogP contribution in [0, 0.1) is 11.8 Å². The molecule has 13 heavy (non-hydrogen) atoms. The van der Waals surface area contributed by atoms with Crippen LogP contribution in [-0.2, 0) is 9.59 Å². The van der Waals surface area contributed by atoms with Crippen LogP contribution in [-0.4, -0.2) is 11.6 Å². The molecule has 0 spiro atoms. The van der Waals surface area contributed by atoms with Crippen LogP contribution in [0.15, 0.2) is 0 Å². The molecule has 2 nitrogen and oxygen atoms in total. The van der Waals surface area contributed by atoms with E-state index in [1.807, 2.05) is 6.92 Å². The van der Waals surface area contributed by atoms with Crippen LogP contribution in [0.4, 0.5) is 0 Å². The van der Waals surface area contributed by atoms with Gasteiger partial charge in [-0.1, -0.05) is 26.7 Å². The summed E-state index contributed by atoms with van der Waals surface area (Å²) in [5.41, 5.74) is 0. The predicted molar refractivity (Wildman–Crippen MR) is 51.4 cm³/mol. The Labute approximate surface area is 79.7 Å². The first-order chi connectivity index (χ1) is 6.15. The summed E-state index contributed by atoms with van der Waals surface area (Å²) in [6.45, 7) is 4.15. The van der Waals surface area contributed by atoms with E-state index in [4.69, 9.17) is 0 Å². The molecular formula is C11H18O2. The first kappa shape index (κ1) is 10.4. The molecule has 2 atom stereocenters. The number of carbonyl (C=O) groups is 2. The molecule has 0 aliphatic heterocycles. The van der Waals surface area contributed by atoms with Gasteiger partial charge in [0.15, 0.2) is 0 Å². The largest absolute Gasteiger partial charge is 0.299 e. The summed E-state index contributed by atoms with van der Waals surface area (Å²) in [5.74, 6) is 0.750. The first-order valence-electron chi connectivity index (χ1n) is 5.19. The van der Waals surface area contributed by atoms with Crippen molar-refractivity contribution in [2.75, 3.05) is 0 Å². The number of carbonyl (C=O) groups excluding carboxylic acids is 2. The van der Waals surface area contributed by atoms with Crippen LogP contribution in [0.5, 0.6) is 0 Å². The van der Waals surface area contributed by atoms with E-state index in [0.29, 0.717) is 6.42 Å². The summed E-state index contributed by atoms with van der Waals surface area (Å²) >= 11 is 0. The lowest BCUT2D eigenvalue weighted by Gasteiger charge is -2.26. The van der Waals surface area contributed by atoms with E-state index in [1.54, 1.807) is 0 Å². The lowest BCUT2D eigenvalue weighted by Crippen LogP contribution is -2.31. The molecule has 0 aromatic carbocycles. The van der Waals surface area contributed by atoms with Crippen molar-refractivity contribution in [3.63, 3.8) is 0 Å². The Bertz CT molecular complexity index is 208. The van der Waals surface area contributed by atoms with Crippen molar-refractivity contribution in [3.05, 3.63) is 0 Å². The minimum atomic E-state index is 0.130. The Balaban J connectivity index is 2.51.